The highest BCUT2D eigenvalue weighted by molar-refractivity contribution is 7.84. The van der Waals surface area contributed by atoms with Crippen molar-refractivity contribution in [2.75, 3.05) is 32.8 Å². The van der Waals surface area contributed by atoms with E-state index in [-0.39, 0.29) is 0 Å². The van der Waals surface area contributed by atoms with E-state index < -0.39 is 10.8 Å². The van der Waals surface area contributed by atoms with Gasteiger partial charge in [0.2, 0.25) is 0 Å². The molecule has 0 fully saturated rings. The third-order valence-corrected chi connectivity index (χ3v) is 3.31. The Morgan fingerprint density at radius 1 is 1.39 bits per heavy atom. The number of nitrogens with zero attached hydrogens (tertiary/aromatic N) is 1. The molecule has 0 aliphatic heterocycles. The summed E-state index contributed by atoms with van der Waals surface area (Å²) < 4.78 is 21.4. The van der Waals surface area contributed by atoms with Crippen molar-refractivity contribution in [2.24, 2.45) is 0 Å². The van der Waals surface area contributed by atoms with E-state index in [0.717, 1.165) is 24.4 Å². The van der Waals surface area contributed by atoms with Crippen molar-refractivity contribution in [3.8, 4) is 11.5 Å². The van der Waals surface area contributed by atoms with Crippen LogP contribution in [0.3, 0.4) is 0 Å². The van der Waals surface area contributed by atoms with Crippen molar-refractivity contribution in [3.63, 3.8) is 0 Å². The summed E-state index contributed by atoms with van der Waals surface area (Å²) in [4.78, 5) is 4.26. The maximum absolute atomic E-state index is 10.9. The molecule has 0 spiro atoms. The van der Waals surface area contributed by atoms with Gasteiger partial charge in [0.1, 0.15) is 0 Å². The second kappa shape index (κ2) is 8.05. The monoisotopic (exact) mass is 272 g/mol. The van der Waals surface area contributed by atoms with Gasteiger partial charge in [0.25, 0.3) is 0 Å². The second-order valence-electron chi connectivity index (χ2n) is 3.80. The molecule has 0 amide bonds. The average molecular weight is 272 g/mol. The quantitative estimate of drug-likeness (QED) is 0.714. The van der Waals surface area contributed by atoms with Crippen LogP contribution in [0.4, 0.5) is 0 Å². The summed E-state index contributed by atoms with van der Waals surface area (Å²) in [5.74, 6) is 2.06. The van der Waals surface area contributed by atoms with Crippen molar-refractivity contribution >= 4 is 10.8 Å². The maximum atomic E-state index is 10.9. The Balaban J connectivity index is 2.49. The first-order valence-electron chi connectivity index (χ1n) is 5.75. The van der Waals surface area contributed by atoms with Crippen LogP contribution in [-0.2, 0) is 17.3 Å². The van der Waals surface area contributed by atoms with E-state index in [9.17, 15) is 4.21 Å². The predicted molar refractivity (Wildman–Crippen MR) is 72.6 cm³/mol. The van der Waals surface area contributed by atoms with Gasteiger partial charge in [-0.15, -0.1) is 0 Å². The van der Waals surface area contributed by atoms with E-state index in [1.165, 1.54) is 0 Å². The first kappa shape index (κ1) is 14.9. The van der Waals surface area contributed by atoms with Gasteiger partial charge in [-0.2, -0.15) is 0 Å². The Hall–Kier alpha value is -1.14. The van der Waals surface area contributed by atoms with Crippen LogP contribution < -0.4 is 14.8 Å². The largest absolute Gasteiger partial charge is 0.493 e. The first-order valence-corrected chi connectivity index (χ1v) is 7.48. The van der Waals surface area contributed by atoms with Gasteiger partial charge < -0.3 is 14.8 Å². The highest BCUT2D eigenvalue weighted by Gasteiger charge is 2.10. The van der Waals surface area contributed by atoms with Crippen LogP contribution in [0.5, 0.6) is 11.5 Å². The van der Waals surface area contributed by atoms with Gasteiger partial charge in [0.15, 0.2) is 11.5 Å². The summed E-state index contributed by atoms with van der Waals surface area (Å²) in [6.07, 6.45) is 4.29. The number of methoxy groups -OCH3 is 2. The summed E-state index contributed by atoms with van der Waals surface area (Å²) in [5.41, 5.74) is 0.814. The van der Waals surface area contributed by atoms with Crippen LogP contribution >= 0.6 is 0 Å². The third-order valence-electron chi connectivity index (χ3n) is 2.44. The van der Waals surface area contributed by atoms with Crippen molar-refractivity contribution < 1.29 is 13.7 Å². The topological polar surface area (TPSA) is 60.5 Å². The number of hydrogen-bond acceptors (Lipinski definition) is 5. The Morgan fingerprint density at radius 2 is 2.17 bits per heavy atom. The Labute approximate surface area is 110 Å². The lowest BCUT2D eigenvalue weighted by Crippen LogP contribution is -2.18. The van der Waals surface area contributed by atoms with Gasteiger partial charge in [-0.25, -0.2) is 0 Å². The molecule has 0 aromatic carbocycles. The number of nitrogens with one attached hydrogen (secondary N) is 1. The van der Waals surface area contributed by atoms with Crippen molar-refractivity contribution in [3.05, 3.63) is 18.0 Å². The van der Waals surface area contributed by atoms with Gasteiger partial charge >= 0.3 is 0 Å². The molecule has 6 heteroatoms. The minimum atomic E-state index is -0.725. The number of hydrogen-bond donors (Lipinski definition) is 1. The maximum Gasteiger partial charge on any atom is 0.183 e. The zero-order valence-electron chi connectivity index (χ0n) is 11.1. The van der Waals surface area contributed by atoms with Crippen molar-refractivity contribution in [1.29, 1.82) is 0 Å². The fourth-order valence-corrected chi connectivity index (χ4v) is 2.13. The van der Waals surface area contributed by atoms with Crippen LogP contribution in [0.1, 0.15) is 12.1 Å². The molecular formula is C12H20N2O3S. The molecule has 0 aliphatic rings. The summed E-state index contributed by atoms with van der Waals surface area (Å²) in [7, 11) is 2.48. The molecule has 1 rings (SSSR count). The number of aromatic nitrogens is 1. The normalized spacial score (nSPS) is 12.2. The summed E-state index contributed by atoms with van der Waals surface area (Å²) in [6, 6.07) is 1.77. The molecule has 102 valence electrons. The molecule has 5 nitrogen and oxygen atoms in total. The molecule has 18 heavy (non-hydrogen) atoms. The molecule has 1 unspecified atom stereocenters. The molecule has 0 radical (unpaired) electrons. The molecule has 1 aromatic rings. The second-order valence-corrected chi connectivity index (χ2v) is 5.36. The smallest absolute Gasteiger partial charge is 0.183 e. The molecule has 1 atom stereocenters. The van der Waals surface area contributed by atoms with E-state index in [1.54, 1.807) is 32.7 Å². The highest BCUT2D eigenvalue weighted by atomic mass is 32.2. The van der Waals surface area contributed by atoms with Crippen molar-refractivity contribution in [2.45, 2.75) is 13.0 Å². The van der Waals surface area contributed by atoms with Crippen molar-refractivity contribution in [1.82, 2.24) is 10.3 Å². The minimum Gasteiger partial charge on any atom is -0.493 e. The summed E-state index contributed by atoms with van der Waals surface area (Å²) in [6.45, 7) is 1.42. The Bertz CT molecular complexity index is 399. The lowest BCUT2D eigenvalue weighted by atomic mass is 10.3. The fourth-order valence-electron chi connectivity index (χ4n) is 1.58. The predicted octanol–water partition coefficient (Wildman–Crippen LogP) is 0.957. The van der Waals surface area contributed by atoms with Gasteiger partial charge in [0.05, 0.1) is 19.9 Å². The van der Waals surface area contributed by atoms with Gasteiger partial charge in [-0.3, -0.25) is 9.19 Å². The molecule has 0 bridgehead atoms. The summed E-state index contributed by atoms with van der Waals surface area (Å²) >= 11 is 0. The van der Waals surface area contributed by atoms with E-state index in [1.807, 2.05) is 0 Å². The van der Waals surface area contributed by atoms with Gasteiger partial charge in [-0.05, 0) is 13.0 Å². The zero-order valence-corrected chi connectivity index (χ0v) is 11.9. The standard InChI is InChI=1S/C12H20N2O3S/c1-16-11-5-7-14-10(12(11)17-2)9-13-6-4-8-18(3)15/h5,7,13H,4,6,8-9H2,1-3H3. The molecular weight excluding hydrogens is 252 g/mol. The van der Waals surface area contributed by atoms with Crippen LogP contribution in [0.25, 0.3) is 0 Å². The van der Waals surface area contributed by atoms with Crippen LogP contribution in [0, 0.1) is 0 Å². The van der Waals surface area contributed by atoms with E-state index in [2.05, 4.69) is 10.3 Å². The van der Waals surface area contributed by atoms with Crippen LogP contribution in [0.15, 0.2) is 12.3 Å². The van der Waals surface area contributed by atoms with E-state index in [4.69, 9.17) is 9.47 Å². The molecule has 0 saturated heterocycles. The fraction of sp³-hybridized carbons (Fsp3) is 0.583. The van der Waals surface area contributed by atoms with Gasteiger partial charge in [0, 0.05) is 41.6 Å². The molecule has 1 heterocycles. The molecule has 0 saturated carbocycles. The lowest BCUT2D eigenvalue weighted by Gasteiger charge is -2.11. The molecule has 1 aromatic heterocycles. The van der Waals surface area contributed by atoms with Crippen LogP contribution in [0.2, 0.25) is 0 Å². The van der Waals surface area contributed by atoms with E-state index in [0.29, 0.717) is 18.0 Å². The minimum absolute atomic E-state index is 0.608. The van der Waals surface area contributed by atoms with E-state index >= 15 is 0 Å². The first-order chi connectivity index (χ1) is 8.69. The lowest BCUT2D eigenvalue weighted by molar-refractivity contribution is 0.348. The Morgan fingerprint density at radius 3 is 2.78 bits per heavy atom. The SMILES string of the molecule is COc1ccnc(CNCCCS(C)=O)c1OC. The molecule has 1 N–H and O–H groups in total. The average Bonchev–Trinajstić information content (AvgIpc) is 2.37. The number of ether oxygens (including phenoxy) is 2. The Kier molecular flexibility index (Phi) is 6.67. The summed E-state index contributed by atoms with van der Waals surface area (Å²) in [5, 5.41) is 3.25. The highest BCUT2D eigenvalue weighted by Crippen LogP contribution is 2.28. The number of rotatable bonds is 8. The number of pyridine rings is 1. The zero-order chi connectivity index (χ0) is 13.4. The third kappa shape index (κ3) is 4.62. The van der Waals surface area contributed by atoms with Gasteiger partial charge in [-0.1, -0.05) is 0 Å². The van der Waals surface area contributed by atoms with Crippen LogP contribution in [-0.4, -0.2) is 42.0 Å². The molecule has 0 aliphatic carbocycles.